The number of esters is 1. The Hall–Kier alpha value is -2.41. The monoisotopic (exact) mass is 373 g/mol. The summed E-state index contributed by atoms with van der Waals surface area (Å²) in [5.41, 5.74) is 8.14. The van der Waals surface area contributed by atoms with Gasteiger partial charge in [0.2, 0.25) is 5.91 Å². The predicted octanol–water partition coefficient (Wildman–Crippen LogP) is 3.06. The van der Waals surface area contributed by atoms with Gasteiger partial charge in [0.05, 0.1) is 12.2 Å². The normalized spacial score (nSPS) is 19.2. The number of carbonyl (C=O) groups excluding carboxylic acids is 2. The van der Waals surface area contributed by atoms with Crippen LogP contribution in [0.15, 0.2) is 48.5 Å². The second-order valence-corrected chi connectivity index (χ2v) is 6.35. The van der Waals surface area contributed by atoms with E-state index < -0.39 is 0 Å². The van der Waals surface area contributed by atoms with Crippen LogP contribution in [0.3, 0.4) is 0 Å². The van der Waals surface area contributed by atoms with E-state index in [-0.39, 0.29) is 24.0 Å². The van der Waals surface area contributed by atoms with Crippen LogP contribution < -0.4 is 16.2 Å². The molecule has 1 heterocycles. The highest BCUT2D eigenvalue weighted by molar-refractivity contribution is 6.31. The van der Waals surface area contributed by atoms with Crippen molar-refractivity contribution in [2.45, 2.75) is 25.4 Å². The van der Waals surface area contributed by atoms with Crippen LogP contribution in [-0.4, -0.2) is 24.5 Å². The summed E-state index contributed by atoms with van der Waals surface area (Å²) in [6.07, 6.45) is 0.580. The smallest absolute Gasteiger partial charge is 0.338 e. The fourth-order valence-electron chi connectivity index (χ4n) is 2.82. The lowest BCUT2D eigenvalue weighted by atomic mass is 10.0. The first-order valence-electron chi connectivity index (χ1n) is 8.42. The van der Waals surface area contributed by atoms with Gasteiger partial charge in [-0.2, -0.15) is 0 Å². The molecular weight excluding hydrogens is 354 g/mol. The van der Waals surface area contributed by atoms with Gasteiger partial charge >= 0.3 is 5.97 Å². The van der Waals surface area contributed by atoms with Crippen LogP contribution >= 0.6 is 11.6 Å². The van der Waals surface area contributed by atoms with E-state index in [4.69, 9.17) is 16.3 Å². The van der Waals surface area contributed by atoms with Gasteiger partial charge in [-0.3, -0.25) is 4.79 Å². The van der Waals surface area contributed by atoms with E-state index in [0.29, 0.717) is 29.3 Å². The van der Waals surface area contributed by atoms with Crippen molar-refractivity contribution in [3.63, 3.8) is 0 Å². The molecule has 136 valence electrons. The fourth-order valence-corrected chi connectivity index (χ4v) is 3.09. The molecule has 1 aliphatic heterocycles. The Morgan fingerprint density at radius 2 is 1.88 bits per heavy atom. The summed E-state index contributed by atoms with van der Waals surface area (Å²) >= 11 is 6.22. The molecule has 0 spiro atoms. The summed E-state index contributed by atoms with van der Waals surface area (Å²) < 4.78 is 4.94. The average molecular weight is 374 g/mol. The topological polar surface area (TPSA) is 79.5 Å². The summed E-state index contributed by atoms with van der Waals surface area (Å²) in [7, 11) is 0. The Balaban J connectivity index is 1.59. The third kappa shape index (κ3) is 4.22. The molecule has 2 aromatic carbocycles. The van der Waals surface area contributed by atoms with E-state index in [1.54, 1.807) is 31.2 Å². The highest BCUT2D eigenvalue weighted by Gasteiger charge is 2.31. The number of carbonyl (C=O) groups is 2. The molecule has 2 aromatic rings. The van der Waals surface area contributed by atoms with E-state index in [1.807, 2.05) is 24.3 Å². The molecule has 7 heteroatoms. The van der Waals surface area contributed by atoms with Gasteiger partial charge in [0.1, 0.15) is 6.04 Å². The summed E-state index contributed by atoms with van der Waals surface area (Å²) in [5, 5.41) is 3.51. The number of ether oxygens (including phenoxy) is 1. The second kappa shape index (κ2) is 8.31. The van der Waals surface area contributed by atoms with Gasteiger partial charge in [-0.1, -0.05) is 29.8 Å². The zero-order valence-corrected chi connectivity index (χ0v) is 15.0. The molecule has 6 nitrogen and oxygen atoms in total. The second-order valence-electron chi connectivity index (χ2n) is 5.94. The Kier molecular flexibility index (Phi) is 5.88. The molecule has 0 bridgehead atoms. The summed E-state index contributed by atoms with van der Waals surface area (Å²) in [6, 6.07) is 13.7. The van der Waals surface area contributed by atoms with Crippen molar-refractivity contribution in [3.8, 4) is 0 Å². The van der Waals surface area contributed by atoms with Crippen LogP contribution in [-0.2, 0) is 9.53 Å². The van der Waals surface area contributed by atoms with Gasteiger partial charge in [-0.15, -0.1) is 0 Å². The van der Waals surface area contributed by atoms with E-state index >= 15 is 0 Å². The van der Waals surface area contributed by atoms with E-state index in [2.05, 4.69) is 16.2 Å². The molecule has 3 rings (SSSR count). The Bertz CT molecular complexity index is 795. The molecule has 0 aromatic heterocycles. The molecule has 3 N–H and O–H groups in total. The molecule has 1 amide bonds. The van der Waals surface area contributed by atoms with Gasteiger partial charge in [0.15, 0.2) is 0 Å². The highest BCUT2D eigenvalue weighted by Crippen LogP contribution is 2.28. The molecule has 0 aliphatic carbocycles. The minimum Gasteiger partial charge on any atom is -0.462 e. The average Bonchev–Trinajstić information content (AvgIpc) is 3.13. The van der Waals surface area contributed by atoms with Gasteiger partial charge in [0.25, 0.3) is 0 Å². The number of rotatable bonds is 5. The SMILES string of the molecule is CCOC(=O)c1ccc(NC(=O)C2CC(c3ccccc3Cl)NN2)cc1. The number of amides is 1. The summed E-state index contributed by atoms with van der Waals surface area (Å²) in [6.45, 7) is 2.08. The first-order chi connectivity index (χ1) is 12.6. The van der Waals surface area contributed by atoms with Crippen molar-refractivity contribution in [2.24, 2.45) is 0 Å². The Morgan fingerprint density at radius 1 is 1.15 bits per heavy atom. The molecule has 26 heavy (non-hydrogen) atoms. The van der Waals surface area contributed by atoms with Gasteiger partial charge in [0, 0.05) is 16.8 Å². The Morgan fingerprint density at radius 3 is 2.58 bits per heavy atom. The Labute approximate surface area is 156 Å². The zero-order valence-electron chi connectivity index (χ0n) is 14.3. The van der Waals surface area contributed by atoms with Crippen LogP contribution in [0.1, 0.15) is 35.3 Å². The first kappa shape index (κ1) is 18.4. The lowest BCUT2D eigenvalue weighted by Gasteiger charge is -2.12. The quantitative estimate of drug-likeness (QED) is 0.702. The van der Waals surface area contributed by atoms with Gasteiger partial charge in [-0.25, -0.2) is 15.6 Å². The van der Waals surface area contributed by atoms with Crippen LogP contribution in [0, 0.1) is 0 Å². The number of hydrazine groups is 1. The minimum absolute atomic E-state index is 0.0364. The summed E-state index contributed by atoms with van der Waals surface area (Å²) in [5.74, 6) is -0.537. The molecular formula is C19H20ClN3O3. The van der Waals surface area contributed by atoms with Crippen molar-refractivity contribution >= 4 is 29.2 Å². The highest BCUT2D eigenvalue weighted by atomic mass is 35.5. The van der Waals surface area contributed by atoms with Crippen molar-refractivity contribution in [1.82, 2.24) is 10.9 Å². The van der Waals surface area contributed by atoms with Crippen molar-refractivity contribution in [2.75, 3.05) is 11.9 Å². The molecule has 2 atom stereocenters. The predicted molar refractivity (Wildman–Crippen MR) is 99.9 cm³/mol. The third-order valence-electron chi connectivity index (χ3n) is 4.16. The van der Waals surface area contributed by atoms with Crippen molar-refractivity contribution in [1.29, 1.82) is 0 Å². The minimum atomic E-state index is -0.388. The van der Waals surface area contributed by atoms with Crippen LogP contribution in [0.25, 0.3) is 0 Å². The number of anilines is 1. The number of hydrogen-bond acceptors (Lipinski definition) is 5. The maximum atomic E-state index is 12.5. The molecule has 2 unspecified atom stereocenters. The van der Waals surface area contributed by atoms with Crippen LogP contribution in [0.5, 0.6) is 0 Å². The largest absolute Gasteiger partial charge is 0.462 e. The van der Waals surface area contributed by atoms with Crippen LogP contribution in [0.2, 0.25) is 5.02 Å². The zero-order chi connectivity index (χ0) is 18.5. The number of benzene rings is 2. The summed E-state index contributed by atoms with van der Waals surface area (Å²) in [4.78, 5) is 24.1. The van der Waals surface area contributed by atoms with E-state index in [9.17, 15) is 9.59 Å². The molecule has 0 radical (unpaired) electrons. The third-order valence-corrected chi connectivity index (χ3v) is 4.51. The van der Waals surface area contributed by atoms with Gasteiger partial charge in [-0.05, 0) is 49.2 Å². The lowest BCUT2D eigenvalue weighted by molar-refractivity contribution is -0.117. The van der Waals surface area contributed by atoms with Crippen molar-refractivity contribution in [3.05, 3.63) is 64.7 Å². The van der Waals surface area contributed by atoms with Gasteiger partial charge < -0.3 is 10.1 Å². The standard InChI is InChI=1S/C19H20ClN3O3/c1-2-26-19(25)12-7-9-13(10-8-12)21-18(24)17-11-16(22-23-17)14-5-3-4-6-15(14)20/h3-10,16-17,22-23H,2,11H2,1H3,(H,21,24). The fraction of sp³-hybridized carbons (Fsp3) is 0.263. The number of halogens is 1. The van der Waals surface area contributed by atoms with Crippen LogP contribution in [0.4, 0.5) is 5.69 Å². The molecule has 1 saturated heterocycles. The van der Waals surface area contributed by atoms with E-state index in [0.717, 1.165) is 5.56 Å². The molecule has 1 fully saturated rings. The first-order valence-corrected chi connectivity index (χ1v) is 8.80. The maximum Gasteiger partial charge on any atom is 0.338 e. The molecule has 1 aliphatic rings. The molecule has 0 saturated carbocycles. The lowest BCUT2D eigenvalue weighted by Crippen LogP contribution is -2.39. The number of hydrogen-bond donors (Lipinski definition) is 3. The van der Waals surface area contributed by atoms with Crippen molar-refractivity contribution < 1.29 is 14.3 Å². The number of nitrogens with one attached hydrogen (secondary N) is 3. The maximum absolute atomic E-state index is 12.5. The van der Waals surface area contributed by atoms with E-state index in [1.165, 1.54) is 0 Å².